The maximum atomic E-state index is 11.0. The van der Waals surface area contributed by atoms with E-state index < -0.39 is 5.97 Å². The molecule has 2 unspecified atom stereocenters. The van der Waals surface area contributed by atoms with Crippen LogP contribution in [0.5, 0.6) is 0 Å². The van der Waals surface area contributed by atoms with Gasteiger partial charge in [-0.25, -0.2) is 0 Å². The van der Waals surface area contributed by atoms with Gasteiger partial charge in [0, 0.05) is 37.9 Å². The van der Waals surface area contributed by atoms with E-state index in [9.17, 15) is 4.79 Å². The molecule has 0 bridgehead atoms. The van der Waals surface area contributed by atoms with Crippen molar-refractivity contribution in [3.63, 3.8) is 0 Å². The van der Waals surface area contributed by atoms with E-state index in [1.54, 1.807) is 6.20 Å². The van der Waals surface area contributed by atoms with Crippen molar-refractivity contribution in [3.05, 3.63) is 30.1 Å². The van der Waals surface area contributed by atoms with Gasteiger partial charge in [-0.1, -0.05) is 6.07 Å². The zero-order valence-corrected chi connectivity index (χ0v) is 11.5. The Morgan fingerprint density at radius 2 is 2.26 bits per heavy atom. The van der Waals surface area contributed by atoms with Crippen molar-refractivity contribution >= 4 is 5.97 Å². The van der Waals surface area contributed by atoms with Crippen molar-refractivity contribution in [3.8, 4) is 0 Å². The van der Waals surface area contributed by atoms with Gasteiger partial charge in [0.1, 0.15) is 0 Å². The third-order valence-corrected chi connectivity index (χ3v) is 3.61. The number of rotatable bonds is 4. The number of hydrogen-bond acceptors (Lipinski definition) is 4. The normalized spacial score (nSPS) is 25.4. The number of aromatic nitrogens is 1. The second-order valence-corrected chi connectivity index (χ2v) is 5.32. The Bertz CT molecular complexity index is 424. The molecule has 1 fully saturated rings. The van der Waals surface area contributed by atoms with E-state index in [0.717, 1.165) is 18.8 Å². The lowest BCUT2D eigenvalue weighted by Crippen LogP contribution is -2.56. The summed E-state index contributed by atoms with van der Waals surface area (Å²) in [4.78, 5) is 19.8. The highest BCUT2D eigenvalue weighted by atomic mass is 16.4. The summed E-state index contributed by atoms with van der Waals surface area (Å²) in [5, 5.41) is 9.06. The van der Waals surface area contributed by atoms with E-state index in [-0.39, 0.29) is 12.5 Å². The number of aliphatic carboxylic acids is 1. The fraction of sp³-hybridized carbons (Fsp3) is 0.571. The smallest absolute Gasteiger partial charge is 0.304 e. The van der Waals surface area contributed by atoms with Gasteiger partial charge in [0.05, 0.1) is 12.1 Å². The van der Waals surface area contributed by atoms with Gasteiger partial charge in [-0.3, -0.25) is 14.7 Å². The molecular formula is C14H21N3O2. The minimum atomic E-state index is -0.737. The van der Waals surface area contributed by atoms with Crippen molar-refractivity contribution in [2.45, 2.75) is 32.0 Å². The molecule has 5 nitrogen and oxygen atoms in total. The first kappa shape index (κ1) is 14.0. The molecule has 0 amide bonds. The zero-order chi connectivity index (χ0) is 13.8. The Balaban J connectivity index is 2.11. The van der Waals surface area contributed by atoms with Gasteiger partial charge in [-0.05, 0) is 26.1 Å². The van der Waals surface area contributed by atoms with Crippen LogP contribution in [0.15, 0.2) is 24.4 Å². The second-order valence-electron chi connectivity index (χ2n) is 5.32. The fourth-order valence-corrected chi connectivity index (χ4v) is 2.80. The number of nitrogens with zero attached hydrogens (tertiary/aromatic N) is 3. The fourth-order valence-electron chi connectivity index (χ4n) is 2.80. The molecule has 1 aromatic heterocycles. The Hall–Kier alpha value is -1.46. The van der Waals surface area contributed by atoms with Gasteiger partial charge in [0.2, 0.25) is 0 Å². The molecule has 2 atom stereocenters. The number of piperazine rings is 1. The lowest BCUT2D eigenvalue weighted by atomic mass is 10.0. The molecule has 1 saturated heterocycles. The molecule has 19 heavy (non-hydrogen) atoms. The maximum absolute atomic E-state index is 11.0. The molecule has 0 saturated carbocycles. The predicted molar refractivity (Wildman–Crippen MR) is 72.8 cm³/mol. The summed E-state index contributed by atoms with van der Waals surface area (Å²) in [5.41, 5.74) is 0.995. The van der Waals surface area contributed by atoms with E-state index in [2.05, 4.69) is 21.7 Å². The van der Waals surface area contributed by atoms with Crippen LogP contribution < -0.4 is 0 Å². The molecule has 2 rings (SSSR count). The molecule has 0 aromatic carbocycles. The van der Waals surface area contributed by atoms with E-state index in [1.165, 1.54) is 0 Å². The summed E-state index contributed by atoms with van der Waals surface area (Å²) in [7, 11) is 2.05. The average Bonchev–Trinajstić information content (AvgIpc) is 2.34. The van der Waals surface area contributed by atoms with Crippen LogP contribution >= 0.6 is 0 Å². The summed E-state index contributed by atoms with van der Waals surface area (Å²) in [6.07, 6.45) is 1.96. The molecule has 0 spiro atoms. The molecule has 1 aromatic rings. The SMILES string of the molecule is CC1CN(C)CC(CC(=O)O)N1Cc1ccccn1. The molecule has 1 aliphatic heterocycles. The van der Waals surface area contributed by atoms with Crippen LogP contribution in [0.25, 0.3) is 0 Å². The molecular weight excluding hydrogens is 242 g/mol. The molecule has 5 heteroatoms. The number of likely N-dealkylation sites (N-methyl/N-ethyl adjacent to an activating group) is 1. The van der Waals surface area contributed by atoms with Gasteiger partial charge in [0.25, 0.3) is 0 Å². The van der Waals surface area contributed by atoms with Crippen LogP contribution in [0.2, 0.25) is 0 Å². The topological polar surface area (TPSA) is 56.7 Å². The predicted octanol–water partition coefficient (Wildman–Crippen LogP) is 1.06. The second kappa shape index (κ2) is 6.12. The Morgan fingerprint density at radius 3 is 2.89 bits per heavy atom. The quantitative estimate of drug-likeness (QED) is 0.880. The number of carbonyl (C=O) groups is 1. The van der Waals surface area contributed by atoms with E-state index in [0.29, 0.717) is 12.6 Å². The van der Waals surface area contributed by atoms with Gasteiger partial charge < -0.3 is 10.0 Å². The highest BCUT2D eigenvalue weighted by Gasteiger charge is 2.32. The van der Waals surface area contributed by atoms with Crippen LogP contribution in [-0.2, 0) is 11.3 Å². The Kier molecular flexibility index (Phi) is 4.50. The summed E-state index contributed by atoms with van der Waals surface area (Å²) in [6.45, 7) is 4.62. The molecule has 104 valence electrons. The van der Waals surface area contributed by atoms with Crippen molar-refractivity contribution in [2.75, 3.05) is 20.1 Å². The maximum Gasteiger partial charge on any atom is 0.304 e. The first-order valence-electron chi connectivity index (χ1n) is 6.62. The largest absolute Gasteiger partial charge is 0.481 e. The third-order valence-electron chi connectivity index (χ3n) is 3.61. The summed E-state index contributed by atoms with van der Waals surface area (Å²) in [6, 6.07) is 6.24. The third kappa shape index (κ3) is 3.75. The van der Waals surface area contributed by atoms with E-state index in [4.69, 9.17) is 5.11 Å². The average molecular weight is 263 g/mol. The van der Waals surface area contributed by atoms with E-state index in [1.807, 2.05) is 25.2 Å². The van der Waals surface area contributed by atoms with Crippen molar-refractivity contribution in [2.24, 2.45) is 0 Å². The first-order valence-corrected chi connectivity index (χ1v) is 6.62. The first-order chi connectivity index (χ1) is 9.06. The van der Waals surface area contributed by atoms with Crippen LogP contribution in [0.1, 0.15) is 19.0 Å². The van der Waals surface area contributed by atoms with Crippen LogP contribution in [0, 0.1) is 0 Å². The number of hydrogen-bond donors (Lipinski definition) is 1. The van der Waals surface area contributed by atoms with Crippen molar-refractivity contribution in [1.82, 2.24) is 14.8 Å². The van der Waals surface area contributed by atoms with Crippen LogP contribution in [0.4, 0.5) is 0 Å². The highest BCUT2D eigenvalue weighted by Crippen LogP contribution is 2.19. The monoisotopic (exact) mass is 263 g/mol. The molecule has 1 N–H and O–H groups in total. The van der Waals surface area contributed by atoms with Gasteiger partial charge in [-0.15, -0.1) is 0 Å². The molecule has 1 aliphatic rings. The Labute approximate surface area is 113 Å². The van der Waals surface area contributed by atoms with Gasteiger partial charge >= 0.3 is 5.97 Å². The standard InChI is InChI=1S/C14H21N3O2/c1-11-8-16(2)10-13(7-14(18)19)17(11)9-12-5-3-4-6-15-12/h3-6,11,13H,7-10H2,1-2H3,(H,18,19). The summed E-state index contributed by atoms with van der Waals surface area (Å²) >= 11 is 0. The van der Waals surface area contributed by atoms with Gasteiger partial charge in [0.15, 0.2) is 0 Å². The van der Waals surface area contributed by atoms with Crippen molar-refractivity contribution in [1.29, 1.82) is 0 Å². The number of pyridine rings is 1. The molecule has 0 aliphatic carbocycles. The molecule has 2 heterocycles. The summed E-state index contributed by atoms with van der Waals surface area (Å²) < 4.78 is 0. The molecule has 0 radical (unpaired) electrons. The highest BCUT2D eigenvalue weighted by molar-refractivity contribution is 5.67. The number of carboxylic acid groups (broad SMARTS) is 1. The minimum absolute atomic E-state index is 0.0493. The summed E-state index contributed by atoms with van der Waals surface area (Å²) in [5.74, 6) is -0.737. The minimum Gasteiger partial charge on any atom is -0.481 e. The van der Waals surface area contributed by atoms with E-state index >= 15 is 0 Å². The Morgan fingerprint density at radius 1 is 1.47 bits per heavy atom. The number of carboxylic acids is 1. The lowest BCUT2D eigenvalue weighted by molar-refractivity contribution is -0.139. The van der Waals surface area contributed by atoms with Crippen molar-refractivity contribution < 1.29 is 9.90 Å². The van der Waals surface area contributed by atoms with Crippen LogP contribution in [0.3, 0.4) is 0 Å². The van der Waals surface area contributed by atoms with Gasteiger partial charge in [-0.2, -0.15) is 0 Å². The zero-order valence-electron chi connectivity index (χ0n) is 11.5. The lowest BCUT2D eigenvalue weighted by Gasteiger charge is -2.44. The van der Waals surface area contributed by atoms with Crippen LogP contribution in [-0.4, -0.2) is 58.1 Å².